The summed E-state index contributed by atoms with van der Waals surface area (Å²) in [6.07, 6.45) is 1.47. The van der Waals surface area contributed by atoms with E-state index in [1.165, 1.54) is 24.5 Å². The fourth-order valence-corrected chi connectivity index (χ4v) is 4.36. The number of imide groups is 1. The van der Waals surface area contributed by atoms with Gasteiger partial charge in [0, 0.05) is 37.4 Å². The minimum atomic E-state index is -0.483. The number of nitrogens with one attached hydrogen (secondary N) is 1. The highest BCUT2D eigenvalue weighted by Crippen LogP contribution is 2.26. The summed E-state index contributed by atoms with van der Waals surface area (Å²) in [5.41, 5.74) is 1.75. The fraction of sp³-hybridized carbons (Fsp3) is 0.231. The third-order valence-corrected chi connectivity index (χ3v) is 6.28. The lowest BCUT2D eigenvalue weighted by molar-refractivity contribution is -0.130. The number of carbonyl (C=O) groups excluding carboxylic acids is 4. The van der Waals surface area contributed by atoms with Crippen LogP contribution in [0.1, 0.15) is 36.8 Å². The monoisotopic (exact) mass is 472 g/mol. The highest BCUT2D eigenvalue weighted by atomic mass is 16.3. The van der Waals surface area contributed by atoms with Gasteiger partial charge in [0.2, 0.25) is 5.91 Å². The van der Waals surface area contributed by atoms with Gasteiger partial charge >= 0.3 is 0 Å². The van der Waals surface area contributed by atoms with Gasteiger partial charge in [-0.25, -0.2) is 0 Å². The van der Waals surface area contributed by atoms with Crippen molar-refractivity contribution in [3.63, 3.8) is 0 Å². The van der Waals surface area contributed by atoms with Crippen molar-refractivity contribution < 1.29 is 23.6 Å². The van der Waals surface area contributed by atoms with Crippen LogP contribution in [0.25, 0.3) is 0 Å². The van der Waals surface area contributed by atoms with E-state index >= 15 is 0 Å². The molecule has 1 N–H and O–H groups in total. The zero-order valence-corrected chi connectivity index (χ0v) is 19.0. The molecule has 0 radical (unpaired) electrons. The molecule has 35 heavy (non-hydrogen) atoms. The molecule has 4 amide bonds. The second kappa shape index (κ2) is 9.46. The number of benzene rings is 2. The van der Waals surface area contributed by atoms with Crippen LogP contribution in [-0.4, -0.2) is 66.2 Å². The Labute approximate surface area is 201 Å². The van der Waals surface area contributed by atoms with Crippen LogP contribution in [0.4, 0.5) is 5.69 Å². The Morgan fingerprint density at radius 1 is 0.857 bits per heavy atom. The van der Waals surface area contributed by atoms with Gasteiger partial charge < -0.3 is 19.5 Å². The van der Waals surface area contributed by atoms with Gasteiger partial charge in [0.05, 0.1) is 30.5 Å². The van der Waals surface area contributed by atoms with Crippen LogP contribution in [0.5, 0.6) is 0 Å². The first-order valence-corrected chi connectivity index (χ1v) is 11.4. The summed E-state index contributed by atoms with van der Waals surface area (Å²) in [5, 5.41) is 2.64. The summed E-state index contributed by atoms with van der Waals surface area (Å²) in [6.45, 7) is 2.47. The molecule has 2 aliphatic heterocycles. The SMILES string of the molecule is O=C(NCC(=O)N1CCN(c2ccccc2)CC1)c1ccc2c(c1)C(=O)N(Cc1ccco1)C2=O. The number of hydrogen-bond donors (Lipinski definition) is 1. The molecule has 2 aliphatic rings. The third-order valence-electron chi connectivity index (χ3n) is 6.28. The molecule has 9 heteroatoms. The predicted molar refractivity (Wildman–Crippen MR) is 127 cm³/mol. The van der Waals surface area contributed by atoms with E-state index in [1.54, 1.807) is 17.0 Å². The number of amides is 4. The molecule has 0 atom stereocenters. The minimum Gasteiger partial charge on any atom is -0.467 e. The zero-order valence-electron chi connectivity index (χ0n) is 19.0. The summed E-state index contributed by atoms with van der Waals surface area (Å²) >= 11 is 0. The maximum absolute atomic E-state index is 12.8. The second-order valence-corrected chi connectivity index (χ2v) is 8.42. The number of para-hydroxylation sites is 1. The normalized spacial score (nSPS) is 15.4. The molecule has 2 aromatic carbocycles. The van der Waals surface area contributed by atoms with Crippen molar-refractivity contribution in [2.24, 2.45) is 0 Å². The van der Waals surface area contributed by atoms with Gasteiger partial charge in [-0.1, -0.05) is 18.2 Å². The van der Waals surface area contributed by atoms with Crippen LogP contribution in [0.3, 0.4) is 0 Å². The van der Waals surface area contributed by atoms with Crippen LogP contribution in [0, 0.1) is 0 Å². The van der Waals surface area contributed by atoms with Crippen molar-refractivity contribution >= 4 is 29.3 Å². The lowest BCUT2D eigenvalue weighted by Gasteiger charge is -2.36. The van der Waals surface area contributed by atoms with Gasteiger partial charge in [-0.15, -0.1) is 0 Å². The number of hydrogen-bond acceptors (Lipinski definition) is 6. The molecule has 9 nitrogen and oxygen atoms in total. The third kappa shape index (κ3) is 4.52. The Hall–Kier alpha value is -4.40. The van der Waals surface area contributed by atoms with Crippen molar-refractivity contribution in [3.05, 3.63) is 89.4 Å². The highest BCUT2D eigenvalue weighted by molar-refractivity contribution is 6.22. The Morgan fingerprint density at radius 3 is 2.31 bits per heavy atom. The topological polar surface area (TPSA) is 103 Å². The predicted octanol–water partition coefficient (Wildman–Crippen LogP) is 2.15. The Balaban J connectivity index is 1.16. The van der Waals surface area contributed by atoms with Crippen LogP contribution >= 0.6 is 0 Å². The van der Waals surface area contributed by atoms with E-state index in [0.29, 0.717) is 18.8 Å². The number of nitrogens with zero attached hydrogens (tertiary/aromatic N) is 3. The van der Waals surface area contributed by atoms with Crippen molar-refractivity contribution in [2.75, 3.05) is 37.6 Å². The summed E-state index contributed by atoms with van der Waals surface area (Å²) < 4.78 is 5.24. The van der Waals surface area contributed by atoms with E-state index in [9.17, 15) is 19.2 Å². The van der Waals surface area contributed by atoms with Crippen molar-refractivity contribution in [2.45, 2.75) is 6.54 Å². The Bertz CT molecular complexity index is 1260. The average Bonchev–Trinajstić information content (AvgIpc) is 3.50. The Morgan fingerprint density at radius 2 is 1.60 bits per heavy atom. The molecule has 178 valence electrons. The highest BCUT2D eigenvalue weighted by Gasteiger charge is 2.36. The van der Waals surface area contributed by atoms with Gasteiger partial charge in [-0.3, -0.25) is 24.1 Å². The first kappa shape index (κ1) is 22.4. The van der Waals surface area contributed by atoms with Crippen LogP contribution in [0.15, 0.2) is 71.3 Å². The van der Waals surface area contributed by atoms with Gasteiger partial charge in [-0.05, 0) is 42.5 Å². The van der Waals surface area contributed by atoms with Gasteiger partial charge in [0.1, 0.15) is 5.76 Å². The lowest BCUT2D eigenvalue weighted by Crippen LogP contribution is -2.51. The van der Waals surface area contributed by atoms with Crippen LogP contribution in [0.2, 0.25) is 0 Å². The molecular formula is C26H24N4O5. The molecule has 0 saturated carbocycles. The molecule has 1 fully saturated rings. The summed E-state index contributed by atoms with van der Waals surface area (Å²) in [5.74, 6) is -1.07. The molecule has 1 aromatic heterocycles. The molecule has 0 unspecified atom stereocenters. The van der Waals surface area contributed by atoms with Crippen LogP contribution in [-0.2, 0) is 11.3 Å². The largest absolute Gasteiger partial charge is 0.467 e. The number of fused-ring (bicyclic) bond motifs is 1. The molecule has 5 rings (SSSR count). The van der Waals surface area contributed by atoms with Crippen molar-refractivity contribution in [1.82, 2.24) is 15.1 Å². The maximum atomic E-state index is 12.8. The standard InChI is InChI=1S/C26H24N4O5/c31-23(29-12-10-28(11-13-29)19-5-2-1-3-6-19)16-27-24(32)18-8-9-21-22(15-18)26(34)30(25(21)33)17-20-7-4-14-35-20/h1-9,14-15H,10-13,16-17H2,(H,27,32). The van der Waals surface area contributed by atoms with Gasteiger partial charge in [0.15, 0.2) is 0 Å². The number of furan rings is 1. The van der Waals surface area contributed by atoms with Crippen LogP contribution < -0.4 is 10.2 Å². The number of piperazine rings is 1. The summed E-state index contributed by atoms with van der Waals surface area (Å²) in [7, 11) is 0. The van der Waals surface area contributed by atoms with Crippen molar-refractivity contribution in [3.8, 4) is 0 Å². The van der Waals surface area contributed by atoms with Crippen molar-refractivity contribution in [1.29, 1.82) is 0 Å². The smallest absolute Gasteiger partial charge is 0.261 e. The summed E-state index contributed by atoms with van der Waals surface area (Å²) in [6, 6.07) is 17.7. The first-order chi connectivity index (χ1) is 17.0. The van der Waals surface area contributed by atoms with E-state index < -0.39 is 17.7 Å². The fourth-order valence-electron chi connectivity index (χ4n) is 4.36. The number of anilines is 1. The van der Waals surface area contributed by atoms with E-state index in [4.69, 9.17) is 4.42 Å². The zero-order chi connectivity index (χ0) is 24.4. The molecule has 0 bridgehead atoms. The molecule has 1 saturated heterocycles. The molecule has 0 aliphatic carbocycles. The maximum Gasteiger partial charge on any atom is 0.261 e. The van der Waals surface area contributed by atoms with E-state index in [0.717, 1.165) is 23.7 Å². The molecule has 3 aromatic rings. The first-order valence-electron chi connectivity index (χ1n) is 11.4. The minimum absolute atomic E-state index is 0.0207. The lowest BCUT2D eigenvalue weighted by atomic mass is 10.1. The van der Waals surface area contributed by atoms with Gasteiger partial charge in [-0.2, -0.15) is 0 Å². The Kier molecular flexibility index (Phi) is 6.05. The molecular weight excluding hydrogens is 448 g/mol. The van der Waals surface area contributed by atoms with Gasteiger partial charge in [0.25, 0.3) is 17.7 Å². The van der Waals surface area contributed by atoms with E-state index in [2.05, 4.69) is 10.2 Å². The summed E-state index contributed by atoms with van der Waals surface area (Å²) in [4.78, 5) is 55.8. The molecule has 0 spiro atoms. The van der Waals surface area contributed by atoms with E-state index in [-0.39, 0.29) is 35.7 Å². The number of rotatable bonds is 6. The molecule has 3 heterocycles. The average molecular weight is 473 g/mol. The quantitative estimate of drug-likeness (QED) is 0.552. The van der Waals surface area contributed by atoms with E-state index in [1.807, 2.05) is 30.3 Å². The second-order valence-electron chi connectivity index (χ2n) is 8.42. The number of carbonyl (C=O) groups is 4.